The van der Waals surface area contributed by atoms with E-state index in [1.54, 1.807) is 23.1 Å². The molecule has 0 saturated carbocycles. The third-order valence-corrected chi connectivity index (χ3v) is 5.13. The number of rotatable bonds is 6. The summed E-state index contributed by atoms with van der Waals surface area (Å²) in [5.41, 5.74) is 1.38. The molecule has 1 saturated heterocycles. The number of carbonyl (C=O) groups is 2. The average Bonchev–Trinajstić information content (AvgIpc) is 3.05. The van der Waals surface area contributed by atoms with Crippen LogP contribution >= 0.6 is 23.2 Å². The molecule has 8 heteroatoms. The molecule has 0 spiro atoms. The number of carbonyl (C=O) groups excluding carboxylic acids is 2. The summed E-state index contributed by atoms with van der Waals surface area (Å²) in [4.78, 5) is 26.2. The first-order chi connectivity index (χ1) is 13.5. The monoisotopic (exact) mass is 421 g/mol. The third kappa shape index (κ3) is 5.09. The molecule has 2 aromatic carbocycles. The summed E-state index contributed by atoms with van der Waals surface area (Å²) >= 11 is 11.8. The molecule has 1 aliphatic rings. The van der Waals surface area contributed by atoms with Crippen LogP contribution in [0.15, 0.2) is 42.5 Å². The molecular weight excluding hydrogens is 401 g/mol. The van der Waals surface area contributed by atoms with E-state index in [9.17, 15) is 9.59 Å². The number of hydrogen-bond donors (Lipinski definition) is 2. The number of nitrogens with one attached hydrogen (secondary N) is 2. The molecule has 1 heterocycles. The second-order valence-corrected chi connectivity index (χ2v) is 7.28. The van der Waals surface area contributed by atoms with Gasteiger partial charge >= 0.3 is 6.03 Å². The van der Waals surface area contributed by atoms with Gasteiger partial charge in [-0.25, -0.2) is 4.79 Å². The van der Waals surface area contributed by atoms with E-state index in [4.69, 9.17) is 27.9 Å². The molecule has 0 aromatic heterocycles. The highest BCUT2D eigenvalue weighted by atomic mass is 35.5. The summed E-state index contributed by atoms with van der Waals surface area (Å²) in [5, 5.41) is 6.29. The van der Waals surface area contributed by atoms with Crippen LogP contribution in [-0.4, -0.2) is 31.6 Å². The van der Waals surface area contributed by atoms with Crippen LogP contribution in [0.2, 0.25) is 10.0 Å². The van der Waals surface area contributed by atoms with E-state index in [-0.39, 0.29) is 17.9 Å². The van der Waals surface area contributed by atoms with Gasteiger partial charge in [-0.3, -0.25) is 4.79 Å². The van der Waals surface area contributed by atoms with Crippen molar-refractivity contribution in [2.75, 3.05) is 29.9 Å². The number of amides is 3. The molecule has 148 valence electrons. The van der Waals surface area contributed by atoms with Gasteiger partial charge in [0.2, 0.25) is 5.91 Å². The number of hydrogen-bond acceptors (Lipinski definition) is 3. The lowest BCUT2D eigenvalue weighted by atomic mass is 10.1. The fourth-order valence-electron chi connectivity index (χ4n) is 3.04. The van der Waals surface area contributed by atoms with Gasteiger partial charge in [0.25, 0.3) is 0 Å². The molecule has 2 aromatic rings. The number of anilines is 2. The molecule has 1 aliphatic heterocycles. The number of halogens is 2. The van der Waals surface area contributed by atoms with E-state index in [0.29, 0.717) is 41.8 Å². The standard InChI is InChI=1S/C20H21Cl2N3O3/c1-2-28-16-6-4-15(5-7-16)25-12-13(9-19(25)26)11-23-20(27)24-14-3-8-17(21)18(22)10-14/h3-8,10,13H,2,9,11-12H2,1H3,(H2,23,24,27). The number of ether oxygens (including phenoxy) is 1. The molecule has 3 rings (SSSR count). The Kier molecular flexibility index (Phi) is 6.65. The summed E-state index contributed by atoms with van der Waals surface area (Å²) in [6, 6.07) is 11.9. The summed E-state index contributed by atoms with van der Waals surface area (Å²) in [6.45, 7) is 3.47. The van der Waals surface area contributed by atoms with Crippen molar-refractivity contribution in [2.45, 2.75) is 13.3 Å². The van der Waals surface area contributed by atoms with Crippen molar-refractivity contribution in [3.63, 3.8) is 0 Å². The first kappa shape index (κ1) is 20.3. The fraction of sp³-hybridized carbons (Fsp3) is 0.300. The second kappa shape index (κ2) is 9.17. The Morgan fingerprint density at radius 1 is 1.18 bits per heavy atom. The van der Waals surface area contributed by atoms with Crippen LogP contribution in [0.5, 0.6) is 5.75 Å². The topological polar surface area (TPSA) is 70.7 Å². The maximum atomic E-state index is 12.3. The minimum atomic E-state index is -0.356. The van der Waals surface area contributed by atoms with Gasteiger partial charge < -0.3 is 20.3 Å². The van der Waals surface area contributed by atoms with E-state index in [1.807, 2.05) is 31.2 Å². The summed E-state index contributed by atoms with van der Waals surface area (Å²) in [7, 11) is 0. The van der Waals surface area contributed by atoms with Crippen molar-refractivity contribution in [1.82, 2.24) is 5.32 Å². The molecular formula is C20H21Cl2N3O3. The van der Waals surface area contributed by atoms with Gasteiger partial charge in [0, 0.05) is 36.8 Å². The zero-order valence-electron chi connectivity index (χ0n) is 15.4. The second-order valence-electron chi connectivity index (χ2n) is 6.47. The summed E-state index contributed by atoms with van der Waals surface area (Å²) in [6.07, 6.45) is 0.389. The Labute approximate surface area is 173 Å². The Morgan fingerprint density at radius 3 is 2.61 bits per heavy atom. The minimum absolute atomic E-state index is 0.0404. The maximum absolute atomic E-state index is 12.3. The quantitative estimate of drug-likeness (QED) is 0.717. The van der Waals surface area contributed by atoms with Crippen LogP contribution in [0, 0.1) is 5.92 Å². The molecule has 0 radical (unpaired) electrons. The fourth-order valence-corrected chi connectivity index (χ4v) is 3.34. The van der Waals surface area contributed by atoms with Crippen LogP contribution in [-0.2, 0) is 4.79 Å². The van der Waals surface area contributed by atoms with Gasteiger partial charge in [0.15, 0.2) is 0 Å². The zero-order valence-corrected chi connectivity index (χ0v) is 16.9. The normalized spacial score (nSPS) is 16.2. The minimum Gasteiger partial charge on any atom is -0.494 e. The molecule has 1 unspecified atom stereocenters. The highest BCUT2D eigenvalue weighted by Gasteiger charge is 2.30. The summed E-state index contributed by atoms with van der Waals surface area (Å²) in [5.74, 6) is 0.856. The molecule has 6 nitrogen and oxygen atoms in total. The Hall–Kier alpha value is -2.44. The average molecular weight is 422 g/mol. The molecule has 1 fully saturated rings. The third-order valence-electron chi connectivity index (χ3n) is 4.39. The van der Waals surface area contributed by atoms with Crippen molar-refractivity contribution in [3.8, 4) is 5.75 Å². The first-order valence-corrected chi connectivity index (χ1v) is 9.75. The molecule has 2 N–H and O–H groups in total. The van der Waals surface area contributed by atoms with Crippen LogP contribution in [0.1, 0.15) is 13.3 Å². The van der Waals surface area contributed by atoms with Crippen LogP contribution < -0.4 is 20.3 Å². The Bertz CT molecular complexity index is 858. The lowest BCUT2D eigenvalue weighted by Gasteiger charge is -2.17. The van der Waals surface area contributed by atoms with Crippen LogP contribution in [0.3, 0.4) is 0 Å². The van der Waals surface area contributed by atoms with E-state index in [2.05, 4.69) is 10.6 Å². The van der Waals surface area contributed by atoms with E-state index in [1.165, 1.54) is 0 Å². The highest BCUT2D eigenvalue weighted by molar-refractivity contribution is 6.42. The molecule has 28 heavy (non-hydrogen) atoms. The van der Waals surface area contributed by atoms with Gasteiger partial charge in [0.05, 0.1) is 16.7 Å². The lowest BCUT2D eigenvalue weighted by molar-refractivity contribution is -0.117. The van der Waals surface area contributed by atoms with E-state index < -0.39 is 0 Å². The molecule has 3 amide bonds. The largest absolute Gasteiger partial charge is 0.494 e. The van der Waals surface area contributed by atoms with Gasteiger partial charge in [-0.15, -0.1) is 0 Å². The van der Waals surface area contributed by atoms with Gasteiger partial charge in [-0.2, -0.15) is 0 Å². The Balaban J connectivity index is 1.51. The number of urea groups is 1. The molecule has 0 bridgehead atoms. The first-order valence-electron chi connectivity index (χ1n) is 8.99. The maximum Gasteiger partial charge on any atom is 0.319 e. The predicted molar refractivity (Wildman–Crippen MR) is 112 cm³/mol. The van der Waals surface area contributed by atoms with Crippen molar-refractivity contribution in [3.05, 3.63) is 52.5 Å². The number of nitrogens with zero attached hydrogens (tertiary/aromatic N) is 1. The van der Waals surface area contributed by atoms with Crippen molar-refractivity contribution < 1.29 is 14.3 Å². The highest BCUT2D eigenvalue weighted by Crippen LogP contribution is 2.27. The smallest absolute Gasteiger partial charge is 0.319 e. The molecule has 1 atom stereocenters. The van der Waals surface area contributed by atoms with E-state index in [0.717, 1.165) is 11.4 Å². The zero-order chi connectivity index (χ0) is 20.1. The van der Waals surface area contributed by atoms with Crippen molar-refractivity contribution in [1.29, 1.82) is 0 Å². The van der Waals surface area contributed by atoms with Crippen LogP contribution in [0.25, 0.3) is 0 Å². The van der Waals surface area contributed by atoms with Crippen molar-refractivity contribution >= 4 is 46.5 Å². The van der Waals surface area contributed by atoms with E-state index >= 15 is 0 Å². The molecule has 0 aliphatic carbocycles. The predicted octanol–water partition coefficient (Wildman–Crippen LogP) is 4.57. The number of benzene rings is 2. The lowest BCUT2D eigenvalue weighted by Crippen LogP contribution is -2.34. The van der Waals surface area contributed by atoms with Crippen LogP contribution in [0.4, 0.5) is 16.2 Å². The van der Waals surface area contributed by atoms with Crippen molar-refractivity contribution in [2.24, 2.45) is 5.92 Å². The van der Waals surface area contributed by atoms with Gasteiger partial charge in [-0.05, 0) is 49.4 Å². The SMILES string of the molecule is CCOc1ccc(N2CC(CNC(=O)Nc3ccc(Cl)c(Cl)c3)CC2=O)cc1. The Morgan fingerprint density at radius 2 is 1.93 bits per heavy atom. The van der Waals surface area contributed by atoms with Gasteiger partial charge in [-0.1, -0.05) is 23.2 Å². The summed E-state index contributed by atoms with van der Waals surface area (Å²) < 4.78 is 5.43. The van der Waals surface area contributed by atoms with Gasteiger partial charge in [0.1, 0.15) is 5.75 Å².